The van der Waals surface area contributed by atoms with Gasteiger partial charge in [0.1, 0.15) is 5.82 Å². The molecule has 1 aromatic heterocycles. The lowest BCUT2D eigenvalue weighted by Crippen LogP contribution is -2.38. The molecule has 1 atom stereocenters. The van der Waals surface area contributed by atoms with Crippen molar-refractivity contribution in [1.29, 1.82) is 0 Å². The van der Waals surface area contributed by atoms with Crippen molar-refractivity contribution in [1.82, 2.24) is 14.5 Å². The molecule has 3 rings (SSSR count). The average molecular weight is 496 g/mol. The molecular weight excluding hydrogens is 458 g/mol. The third-order valence-electron chi connectivity index (χ3n) is 6.67. The van der Waals surface area contributed by atoms with Gasteiger partial charge in [0.2, 0.25) is 5.91 Å². The normalized spacial score (nSPS) is 12.1. The van der Waals surface area contributed by atoms with Crippen LogP contribution in [0.2, 0.25) is 5.02 Å². The average Bonchev–Trinajstić information content (AvgIpc) is 2.85. The van der Waals surface area contributed by atoms with Crippen molar-refractivity contribution in [3.63, 3.8) is 0 Å². The lowest BCUT2D eigenvalue weighted by molar-refractivity contribution is -0.133. The lowest BCUT2D eigenvalue weighted by Gasteiger charge is -2.32. The zero-order valence-corrected chi connectivity index (χ0v) is 22.3. The van der Waals surface area contributed by atoms with Gasteiger partial charge in [-0.3, -0.25) is 14.2 Å². The van der Waals surface area contributed by atoms with Crippen molar-refractivity contribution in [2.45, 2.75) is 85.1 Å². The maximum absolute atomic E-state index is 13.8. The van der Waals surface area contributed by atoms with Gasteiger partial charge in [-0.05, 0) is 62.6 Å². The fraction of sp³-hybridized carbons (Fsp3) is 0.483. The molecule has 1 amide bonds. The summed E-state index contributed by atoms with van der Waals surface area (Å²) in [6, 6.07) is 12.6. The molecule has 0 bridgehead atoms. The molecule has 0 spiro atoms. The van der Waals surface area contributed by atoms with Gasteiger partial charge in [-0.15, -0.1) is 0 Å². The predicted octanol–water partition coefficient (Wildman–Crippen LogP) is 7.40. The van der Waals surface area contributed by atoms with Crippen molar-refractivity contribution < 1.29 is 4.79 Å². The molecule has 188 valence electrons. The Kier molecular flexibility index (Phi) is 9.91. The molecule has 0 aliphatic heterocycles. The summed E-state index contributed by atoms with van der Waals surface area (Å²) in [7, 11) is 0. The van der Waals surface area contributed by atoms with Crippen LogP contribution in [0, 0.1) is 6.92 Å². The summed E-state index contributed by atoms with van der Waals surface area (Å²) in [6.07, 6.45) is 8.02. The van der Waals surface area contributed by atoms with Crippen molar-refractivity contribution in [3.8, 4) is 5.69 Å². The van der Waals surface area contributed by atoms with Crippen LogP contribution >= 0.6 is 11.6 Å². The van der Waals surface area contributed by atoms with Crippen molar-refractivity contribution >= 4 is 28.4 Å². The van der Waals surface area contributed by atoms with Gasteiger partial charge in [-0.1, -0.05) is 69.7 Å². The second-order valence-corrected chi connectivity index (χ2v) is 9.62. The summed E-state index contributed by atoms with van der Waals surface area (Å²) in [5.41, 5.74) is 2.14. The molecule has 0 aliphatic carbocycles. The number of para-hydroxylation sites is 1. The summed E-state index contributed by atoms with van der Waals surface area (Å²) in [6.45, 7) is 8.76. The highest BCUT2D eigenvalue weighted by molar-refractivity contribution is 6.30. The first-order valence-electron chi connectivity index (χ1n) is 13.0. The second kappa shape index (κ2) is 12.9. The maximum atomic E-state index is 13.8. The van der Waals surface area contributed by atoms with Gasteiger partial charge in [0.05, 0.1) is 22.6 Å². The van der Waals surface area contributed by atoms with Crippen LogP contribution in [-0.2, 0) is 4.79 Å². The zero-order chi connectivity index (χ0) is 25.4. The van der Waals surface area contributed by atoms with Crippen LogP contribution in [0.15, 0.2) is 47.3 Å². The molecule has 0 saturated heterocycles. The van der Waals surface area contributed by atoms with Gasteiger partial charge >= 0.3 is 0 Å². The van der Waals surface area contributed by atoms with E-state index in [4.69, 9.17) is 16.6 Å². The fourth-order valence-corrected chi connectivity index (χ4v) is 5.02. The Balaban J connectivity index is 2.03. The highest BCUT2D eigenvalue weighted by Gasteiger charge is 2.28. The van der Waals surface area contributed by atoms with Gasteiger partial charge in [0.25, 0.3) is 5.56 Å². The number of fused-ring (bicyclic) bond motifs is 1. The number of halogens is 1. The number of carbonyl (C=O) groups is 1. The van der Waals surface area contributed by atoms with E-state index < -0.39 is 0 Å². The van der Waals surface area contributed by atoms with E-state index in [2.05, 4.69) is 6.92 Å². The molecule has 0 radical (unpaired) electrons. The van der Waals surface area contributed by atoms with Crippen LogP contribution < -0.4 is 5.56 Å². The predicted molar refractivity (Wildman–Crippen MR) is 145 cm³/mol. The van der Waals surface area contributed by atoms with Gasteiger partial charge in [-0.25, -0.2) is 4.98 Å². The highest BCUT2D eigenvalue weighted by Crippen LogP contribution is 2.28. The summed E-state index contributed by atoms with van der Waals surface area (Å²) in [5, 5.41) is 1.17. The quantitative estimate of drug-likeness (QED) is 0.246. The zero-order valence-electron chi connectivity index (χ0n) is 21.5. The Labute approximate surface area is 214 Å². The molecule has 0 N–H and O–H groups in total. The molecule has 3 aromatic rings. The van der Waals surface area contributed by atoms with E-state index in [0.717, 1.165) is 24.1 Å². The van der Waals surface area contributed by atoms with Gasteiger partial charge < -0.3 is 4.90 Å². The Hall–Kier alpha value is -2.66. The number of unbranched alkanes of at least 4 members (excludes halogenated alkanes) is 5. The molecule has 6 heteroatoms. The van der Waals surface area contributed by atoms with E-state index in [1.165, 1.54) is 25.7 Å². The van der Waals surface area contributed by atoms with E-state index in [0.29, 0.717) is 41.1 Å². The van der Waals surface area contributed by atoms with Gasteiger partial charge in [-0.2, -0.15) is 0 Å². The topological polar surface area (TPSA) is 55.2 Å². The Morgan fingerprint density at radius 1 is 1.03 bits per heavy atom. The molecule has 35 heavy (non-hydrogen) atoms. The summed E-state index contributed by atoms with van der Waals surface area (Å²) < 4.78 is 1.68. The van der Waals surface area contributed by atoms with E-state index in [1.807, 2.05) is 56.0 Å². The number of aryl methyl sites for hydroxylation is 1. The minimum Gasteiger partial charge on any atom is -0.333 e. The van der Waals surface area contributed by atoms with Crippen molar-refractivity contribution in [2.75, 3.05) is 6.54 Å². The number of rotatable bonds is 12. The van der Waals surface area contributed by atoms with Crippen LogP contribution in [0.5, 0.6) is 0 Å². The van der Waals surface area contributed by atoms with Crippen molar-refractivity contribution in [2.24, 2.45) is 0 Å². The number of aromatic nitrogens is 2. The first kappa shape index (κ1) is 26.9. The SMILES string of the molecule is CCCCCCCCC(=O)N(CC)C(CC)c1nc2ccccc2c(=O)n1-c1ccc(Cl)cc1C. The summed E-state index contributed by atoms with van der Waals surface area (Å²) >= 11 is 6.22. The van der Waals surface area contributed by atoms with E-state index in [9.17, 15) is 9.59 Å². The van der Waals surface area contributed by atoms with Gasteiger partial charge in [0.15, 0.2) is 0 Å². The standard InChI is InChI=1S/C29H38ClN3O2/c1-5-8-9-10-11-12-17-27(34)32(7-3)25(6-2)28-31-24-16-14-13-15-23(24)29(35)33(28)26-19-18-22(30)20-21(26)4/h13-16,18-20,25H,5-12,17H2,1-4H3. The third-order valence-corrected chi connectivity index (χ3v) is 6.90. The number of benzene rings is 2. The number of carbonyl (C=O) groups excluding carboxylic acids is 1. The van der Waals surface area contributed by atoms with E-state index in [-0.39, 0.29) is 17.5 Å². The molecule has 1 unspecified atom stereocenters. The van der Waals surface area contributed by atoms with Gasteiger partial charge in [0, 0.05) is 18.0 Å². The second-order valence-electron chi connectivity index (χ2n) is 9.18. The third kappa shape index (κ3) is 6.32. The van der Waals surface area contributed by atoms with Crippen molar-refractivity contribution in [3.05, 3.63) is 69.2 Å². The summed E-state index contributed by atoms with van der Waals surface area (Å²) in [5.74, 6) is 0.719. The molecule has 0 saturated carbocycles. The largest absolute Gasteiger partial charge is 0.333 e. The Bertz CT molecular complexity index is 1200. The smallest absolute Gasteiger partial charge is 0.266 e. The maximum Gasteiger partial charge on any atom is 0.266 e. The number of nitrogens with zero attached hydrogens (tertiary/aromatic N) is 3. The minimum atomic E-state index is -0.306. The molecule has 5 nitrogen and oxygen atoms in total. The van der Waals surface area contributed by atoms with Crippen LogP contribution in [0.25, 0.3) is 16.6 Å². The van der Waals surface area contributed by atoms with Crippen LogP contribution in [0.4, 0.5) is 0 Å². The van der Waals surface area contributed by atoms with Crippen LogP contribution in [0.3, 0.4) is 0 Å². The van der Waals surface area contributed by atoms with E-state index >= 15 is 0 Å². The Morgan fingerprint density at radius 2 is 1.74 bits per heavy atom. The minimum absolute atomic E-state index is 0.122. The Morgan fingerprint density at radius 3 is 2.43 bits per heavy atom. The van der Waals surface area contributed by atoms with Crippen LogP contribution in [0.1, 0.15) is 89.6 Å². The monoisotopic (exact) mass is 495 g/mol. The summed E-state index contributed by atoms with van der Waals surface area (Å²) in [4.78, 5) is 34.0. The highest BCUT2D eigenvalue weighted by atomic mass is 35.5. The first-order chi connectivity index (χ1) is 16.9. The molecule has 0 fully saturated rings. The number of hydrogen-bond donors (Lipinski definition) is 0. The molecule has 1 heterocycles. The van der Waals surface area contributed by atoms with E-state index in [1.54, 1.807) is 16.7 Å². The lowest BCUT2D eigenvalue weighted by atomic mass is 10.1. The molecule has 0 aliphatic rings. The first-order valence-corrected chi connectivity index (χ1v) is 13.4. The molecule has 2 aromatic carbocycles. The number of hydrogen-bond acceptors (Lipinski definition) is 3. The van der Waals surface area contributed by atoms with Crippen LogP contribution in [-0.4, -0.2) is 26.9 Å². The number of amides is 1. The fourth-order valence-electron chi connectivity index (χ4n) is 4.79. The molecular formula is C29H38ClN3O2.